The smallest absolute Gasteiger partial charge is 0.298 e. The summed E-state index contributed by atoms with van der Waals surface area (Å²) in [5, 5.41) is 23.8. The van der Waals surface area contributed by atoms with Crippen molar-refractivity contribution in [3.05, 3.63) is 30.3 Å². The molecule has 0 unspecified atom stereocenters. The number of benzene rings is 1. The summed E-state index contributed by atoms with van der Waals surface area (Å²) >= 11 is 1.11. The highest BCUT2D eigenvalue weighted by Crippen LogP contribution is 2.22. The number of hydrogen-bond donors (Lipinski definition) is 0. The molecule has 0 N–H and O–H groups in total. The zero-order valence-electron chi connectivity index (χ0n) is 8.16. The van der Waals surface area contributed by atoms with Crippen molar-refractivity contribution in [1.29, 1.82) is 5.26 Å². The van der Waals surface area contributed by atoms with Crippen molar-refractivity contribution in [2.24, 2.45) is 0 Å². The molecule has 0 aliphatic rings. The molecule has 1 heterocycles. The van der Waals surface area contributed by atoms with E-state index in [1.807, 2.05) is 24.3 Å². The minimum absolute atomic E-state index is 0.184. The molecular formula is C10H7N3O2S. The van der Waals surface area contributed by atoms with Crippen molar-refractivity contribution >= 4 is 11.8 Å². The second-order valence-corrected chi connectivity index (χ2v) is 3.82. The molecule has 0 aliphatic carbocycles. The summed E-state index contributed by atoms with van der Waals surface area (Å²) in [7, 11) is 0. The molecule has 0 saturated carbocycles. The molecule has 6 heteroatoms. The van der Waals surface area contributed by atoms with E-state index in [9.17, 15) is 5.11 Å². The van der Waals surface area contributed by atoms with Crippen molar-refractivity contribution in [3.8, 4) is 17.7 Å². The fourth-order valence-corrected chi connectivity index (χ4v) is 1.81. The van der Waals surface area contributed by atoms with Crippen LogP contribution in [0.1, 0.15) is 0 Å². The molecule has 0 saturated heterocycles. The van der Waals surface area contributed by atoms with Gasteiger partial charge in [0.25, 0.3) is 5.03 Å². The van der Waals surface area contributed by atoms with Gasteiger partial charge in [-0.15, -0.1) is 0 Å². The number of rotatable bonds is 3. The fraction of sp³-hybridized carbons (Fsp3) is 0.100. The van der Waals surface area contributed by atoms with Gasteiger partial charge >= 0.3 is 0 Å². The predicted molar refractivity (Wildman–Crippen MR) is 53.8 cm³/mol. The quantitative estimate of drug-likeness (QED) is 0.574. The Labute approximate surface area is 95.9 Å². The Balaban J connectivity index is 2.39. The van der Waals surface area contributed by atoms with E-state index < -0.39 is 5.95 Å². The van der Waals surface area contributed by atoms with Crippen LogP contribution < -0.4 is 9.79 Å². The van der Waals surface area contributed by atoms with Crippen LogP contribution in [-0.2, 0) is 0 Å². The Morgan fingerprint density at radius 2 is 2.19 bits per heavy atom. The molecular weight excluding hydrogens is 226 g/mol. The van der Waals surface area contributed by atoms with Gasteiger partial charge in [0.15, 0.2) is 5.95 Å². The molecule has 0 amide bonds. The van der Waals surface area contributed by atoms with Crippen molar-refractivity contribution in [2.45, 2.75) is 5.03 Å². The standard InChI is InChI=1S/C10H7N3O2S/c11-6-7-16-9-10(14)15-12-13(9)8-4-2-1-3-5-8/h1-5H,7H2. The highest BCUT2D eigenvalue weighted by Gasteiger charge is 2.20. The Morgan fingerprint density at radius 1 is 1.44 bits per heavy atom. The van der Waals surface area contributed by atoms with Gasteiger partial charge in [0.1, 0.15) is 0 Å². The normalized spacial score (nSPS) is 9.94. The highest BCUT2D eigenvalue weighted by molar-refractivity contribution is 7.99. The molecule has 0 bridgehead atoms. The largest absolute Gasteiger partial charge is 0.538 e. The van der Waals surface area contributed by atoms with E-state index in [-0.39, 0.29) is 5.75 Å². The van der Waals surface area contributed by atoms with Gasteiger partial charge in [0.05, 0.1) is 17.1 Å². The Kier molecular flexibility index (Phi) is 3.08. The van der Waals surface area contributed by atoms with E-state index in [2.05, 4.69) is 9.79 Å². The first-order valence-corrected chi connectivity index (χ1v) is 5.45. The minimum Gasteiger partial charge on any atom is -0.538 e. The van der Waals surface area contributed by atoms with Crippen LogP contribution in [0.2, 0.25) is 0 Å². The van der Waals surface area contributed by atoms with Gasteiger partial charge in [0.2, 0.25) is 5.69 Å². The van der Waals surface area contributed by atoms with Crippen LogP contribution >= 0.6 is 11.8 Å². The maximum atomic E-state index is 11.3. The van der Waals surface area contributed by atoms with E-state index in [1.165, 1.54) is 4.68 Å². The maximum Gasteiger partial charge on any atom is 0.298 e. The summed E-state index contributed by atoms with van der Waals surface area (Å²) in [6.07, 6.45) is 0. The van der Waals surface area contributed by atoms with Crippen LogP contribution in [0.25, 0.3) is 5.69 Å². The number of thioether (sulfide) groups is 1. The van der Waals surface area contributed by atoms with Crippen molar-refractivity contribution < 1.29 is 14.3 Å². The first-order valence-electron chi connectivity index (χ1n) is 4.47. The number of nitriles is 1. The third kappa shape index (κ3) is 1.99. The van der Waals surface area contributed by atoms with Gasteiger partial charge in [-0.2, -0.15) is 5.26 Å². The second kappa shape index (κ2) is 4.68. The lowest BCUT2D eigenvalue weighted by molar-refractivity contribution is -0.705. The number of hydrogen-bond acceptors (Lipinski definition) is 5. The molecule has 1 aromatic carbocycles. The van der Waals surface area contributed by atoms with E-state index in [0.29, 0.717) is 5.03 Å². The summed E-state index contributed by atoms with van der Waals surface area (Å²) < 4.78 is 5.97. The van der Waals surface area contributed by atoms with Gasteiger partial charge < -0.3 is 9.63 Å². The highest BCUT2D eigenvalue weighted by atomic mass is 32.2. The molecule has 2 rings (SSSR count). The average molecular weight is 233 g/mol. The summed E-state index contributed by atoms with van der Waals surface area (Å²) in [5.74, 6) is -0.340. The summed E-state index contributed by atoms with van der Waals surface area (Å²) in [6.45, 7) is 0. The molecule has 0 spiro atoms. The number of para-hydroxylation sites is 1. The SMILES string of the molecule is N#CCSc1c([O-])on[n+]1-c1ccccc1. The molecule has 0 fully saturated rings. The van der Waals surface area contributed by atoms with Gasteiger partial charge in [-0.1, -0.05) is 18.2 Å². The predicted octanol–water partition coefficient (Wildman–Crippen LogP) is 0.641. The Morgan fingerprint density at radius 3 is 2.88 bits per heavy atom. The van der Waals surface area contributed by atoms with Crippen LogP contribution in [0.4, 0.5) is 0 Å². The van der Waals surface area contributed by atoms with Crippen LogP contribution in [-0.4, -0.2) is 11.0 Å². The first kappa shape index (κ1) is 10.5. The Bertz CT molecular complexity index is 519. The van der Waals surface area contributed by atoms with E-state index in [4.69, 9.17) is 5.26 Å². The summed E-state index contributed by atoms with van der Waals surface area (Å²) in [6, 6.07) is 11.1. The second-order valence-electron chi connectivity index (χ2n) is 2.86. The van der Waals surface area contributed by atoms with E-state index >= 15 is 0 Å². The van der Waals surface area contributed by atoms with Crippen LogP contribution in [0.3, 0.4) is 0 Å². The number of aromatic nitrogens is 2. The molecule has 0 atom stereocenters. The van der Waals surface area contributed by atoms with Crippen LogP contribution in [0, 0.1) is 11.3 Å². The monoisotopic (exact) mass is 233 g/mol. The van der Waals surface area contributed by atoms with E-state index in [0.717, 1.165) is 17.4 Å². The van der Waals surface area contributed by atoms with Crippen LogP contribution in [0.15, 0.2) is 39.9 Å². The molecule has 1 aromatic heterocycles. The van der Waals surface area contributed by atoms with Crippen LogP contribution in [0.5, 0.6) is 5.95 Å². The fourth-order valence-electron chi connectivity index (χ4n) is 1.19. The summed E-state index contributed by atoms with van der Waals surface area (Å²) in [5.41, 5.74) is 0.730. The molecule has 80 valence electrons. The lowest BCUT2D eigenvalue weighted by Gasteiger charge is -1.93. The molecule has 16 heavy (non-hydrogen) atoms. The summed E-state index contributed by atoms with van der Waals surface area (Å²) in [4.78, 5) is 0. The van der Waals surface area contributed by atoms with Gasteiger partial charge in [0, 0.05) is 12.1 Å². The van der Waals surface area contributed by atoms with E-state index in [1.54, 1.807) is 12.1 Å². The van der Waals surface area contributed by atoms with Gasteiger partial charge in [-0.3, -0.25) is 0 Å². The third-order valence-electron chi connectivity index (χ3n) is 1.85. The lowest BCUT2D eigenvalue weighted by Crippen LogP contribution is -2.34. The number of nitrogens with zero attached hydrogens (tertiary/aromatic N) is 3. The molecule has 0 radical (unpaired) electrons. The molecule has 0 aliphatic heterocycles. The first-order chi connectivity index (χ1) is 7.83. The zero-order chi connectivity index (χ0) is 11.4. The molecule has 5 nitrogen and oxygen atoms in total. The Hall–Kier alpha value is -2.00. The topological polar surface area (TPSA) is 76.8 Å². The average Bonchev–Trinajstić information content (AvgIpc) is 2.69. The zero-order valence-corrected chi connectivity index (χ0v) is 8.98. The van der Waals surface area contributed by atoms with Crippen molar-refractivity contribution in [2.75, 3.05) is 5.75 Å². The van der Waals surface area contributed by atoms with Crippen molar-refractivity contribution in [1.82, 2.24) is 5.27 Å². The van der Waals surface area contributed by atoms with Gasteiger partial charge in [-0.05, 0) is 16.4 Å². The third-order valence-corrected chi connectivity index (χ3v) is 2.73. The minimum atomic E-state index is -0.524. The lowest BCUT2D eigenvalue weighted by atomic mass is 10.3. The van der Waals surface area contributed by atoms with Crippen molar-refractivity contribution in [3.63, 3.8) is 0 Å². The maximum absolute atomic E-state index is 11.3. The molecule has 2 aromatic rings. The van der Waals surface area contributed by atoms with Gasteiger partial charge in [-0.25, -0.2) is 0 Å².